The van der Waals surface area contributed by atoms with Crippen LogP contribution in [0.4, 0.5) is 5.69 Å². The van der Waals surface area contributed by atoms with Crippen molar-refractivity contribution in [2.75, 3.05) is 10.8 Å². The van der Waals surface area contributed by atoms with Crippen LogP contribution in [0.2, 0.25) is 0 Å². The molecule has 0 saturated heterocycles. The standard InChI is InChI=1S/C34H57NO2S3/c1-9-11-13-15-17-19-21-26(22-20-18-16-14-12-10-2)25-35-27-23-29(33(3,4)5)38-31(27)32-28(40(35,36)37)24-30(39-32)34(6,7)8/h23-24,26H,9-22,25H2,1-8H3. The van der Waals surface area contributed by atoms with Crippen molar-refractivity contribution in [3.8, 4) is 9.75 Å². The molecule has 40 heavy (non-hydrogen) atoms. The highest BCUT2D eigenvalue weighted by atomic mass is 32.2. The predicted molar refractivity (Wildman–Crippen MR) is 179 cm³/mol. The van der Waals surface area contributed by atoms with Gasteiger partial charge in [-0.25, -0.2) is 8.42 Å². The van der Waals surface area contributed by atoms with E-state index >= 15 is 0 Å². The zero-order valence-electron chi connectivity index (χ0n) is 26.8. The zero-order valence-corrected chi connectivity index (χ0v) is 29.3. The molecule has 2 aromatic rings. The first-order chi connectivity index (χ1) is 18.8. The molecule has 0 bridgehead atoms. The molecule has 6 heteroatoms. The Kier molecular flexibility index (Phi) is 12.2. The van der Waals surface area contributed by atoms with Crippen LogP contribution < -0.4 is 4.31 Å². The third kappa shape index (κ3) is 8.60. The Hall–Kier alpha value is -0.850. The van der Waals surface area contributed by atoms with E-state index in [9.17, 15) is 8.42 Å². The fourth-order valence-electron chi connectivity index (χ4n) is 5.63. The first-order valence-electron chi connectivity index (χ1n) is 16.1. The molecule has 1 aliphatic heterocycles. The summed E-state index contributed by atoms with van der Waals surface area (Å²) in [5.74, 6) is 0.403. The normalized spacial score (nSPS) is 15.1. The van der Waals surface area contributed by atoms with Gasteiger partial charge in [-0.05, 0) is 41.7 Å². The highest BCUT2D eigenvalue weighted by Crippen LogP contribution is 2.54. The summed E-state index contributed by atoms with van der Waals surface area (Å²) in [7, 11) is -3.60. The number of hydrogen-bond acceptors (Lipinski definition) is 4. The molecular formula is C34H57NO2S3. The van der Waals surface area contributed by atoms with Crippen LogP contribution in [-0.4, -0.2) is 15.0 Å². The molecule has 0 unspecified atom stereocenters. The van der Waals surface area contributed by atoms with Gasteiger partial charge in [-0.3, -0.25) is 4.31 Å². The quantitative estimate of drug-likeness (QED) is 0.178. The molecule has 0 aliphatic carbocycles. The summed E-state index contributed by atoms with van der Waals surface area (Å²) in [6, 6.07) is 4.18. The van der Waals surface area contributed by atoms with Gasteiger partial charge in [-0.2, -0.15) is 0 Å². The molecule has 0 atom stereocenters. The molecule has 2 aromatic heterocycles. The Balaban J connectivity index is 1.90. The van der Waals surface area contributed by atoms with Gasteiger partial charge in [0.05, 0.1) is 15.4 Å². The van der Waals surface area contributed by atoms with Crippen LogP contribution in [0.3, 0.4) is 0 Å². The van der Waals surface area contributed by atoms with Crippen molar-refractivity contribution in [2.24, 2.45) is 5.92 Å². The van der Waals surface area contributed by atoms with Crippen LogP contribution in [0.25, 0.3) is 9.75 Å². The van der Waals surface area contributed by atoms with Crippen molar-refractivity contribution in [1.29, 1.82) is 0 Å². The van der Waals surface area contributed by atoms with Crippen molar-refractivity contribution in [1.82, 2.24) is 0 Å². The molecule has 0 fully saturated rings. The fourth-order valence-corrected chi connectivity index (χ4v) is 10.4. The average molecular weight is 608 g/mol. The number of sulfonamides is 1. The monoisotopic (exact) mass is 607 g/mol. The summed E-state index contributed by atoms with van der Waals surface area (Å²) in [4.78, 5) is 5.07. The lowest BCUT2D eigenvalue weighted by molar-refractivity contribution is 0.410. The van der Waals surface area contributed by atoms with E-state index in [1.807, 2.05) is 10.4 Å². The Labute approximate surface area is 255 Å². The summed E-state index contributed by atoms with van der Waals surface area (Å²) in [6.07, 6.45) is 17.6. The summed E-state index contributed by atoms with van der Waals surface area (Å²) < 4.78 is 30.5. The van der Waals surface area contributed by atoms with E-state index in [0.717, 1.165) is 33.2 Å². The number of hydrogen-bond donors (Lipinski definition) is 0. The van der Waals surface area contributed by atoms with Crippen molar-refractivity contribution >= 4 is 38.4 Å². The lowest BCUT2D eigenvalue weighted by Gasteiger charge is -2.32. The summed E-state index contributed by atoms with van der Waals surface area (Å²) in [6.45, 7) is 18.4. The maximum atomic E-state index is 14.3. The minimum absolute atomic E-state index is 0.0158. The SMILES string of the molecule is CCCCCCCCC(CCCCCCCC)CN1c2cc(C(C)(C)C)sc2-c2sc(C(C)(C)C)cc2S1(=O)=O. The van der Waals surface area contributed by atoms with E-state index < -0.39 is 10.0 Å². The Morgan fingerprint density at radius 3 is 1.62 bits per heavy atom. The van der Waals surface area contributed by atoms with Crippen LogP contribution in [0.5, 0.6) is 0 Å². The molecule has 0 N–H and O–H groups in total. The summed E-state index contributed by atoms with van der Waals surface area (Å²) >= 11 is 3.49. The van der Waals surface area contributed by atoms with E-state index in [4.69, 9.17) is 0 Å². The topological polar surface area (TPSA) is 37.4 Å². The van der Waals surface area contributed by atoms with Crippen LogP contribution in [-0.2, 0) is 20.9 Å². The number of thiophene rings is 2. The molecule has 3 nitrogen and oxygen atoms in total. The molecule has 0 aromatic carbocycles. The zero-order chi connectivity index (χ0) is 29.6. The third-order valence-electron chi connectivity index (χ3n) is 8.29. The molecule has 3 rings (SSSR count). The van der Waals surface area contributed by atoms with Gasteiger partial charge >= 0.3 is 0 Å². The summed E-state index contributed by atoms with van der Waals surface area (Å²) in [5, 5.41) is 0. The van der Waals surface area contributed by atoms with E-state index in [0.29, 0.717) is 17.4 Å². The van der Waals surface area contributed by atoms with Gasteiger partial charge in [-0.15, -0.1) is 22.7 Å². The maximum Gasteiger partial charge on any atom is 0.265 e. The number of anilines is 1. The van der Waals surface area contributed by atoms with Crippen molar-refractivity contribution in [2.45, 2.75) is 161 Å². The molecule has 0 radical (unpaired) electrons. The Morgan fingerprint density at radius 2 is 1.12 bits per heavy atom. The lowest BCUT2D eigenvalue weighted by atomic mass is 9.93. The molecule has 3 heterocycles. The lowest BCUT2D eigenvalue weighted by Crippen LogP contribution is -2.37. The van der Waals surface area contributed by atoms with Crippen LogP contribution in [0, 0.1) is 5.92 Å². The summed E-state index contributed by atoms with van der Waals surface area (Å²) in [5.41, 5.74) is 0.837. The van der Waals surface area contributed by atoms with E-state index in [2.05, 4.69) is 61.5 Å². The van der Waals surface area contributed by atoms with Crippen LogP contribution in [0.1, 0.15) is 155 Å². The second kappa shape index (κ2) is 14.6. The minimum atomic E-state index is -3.60. The Bertz CT molecular complexity index is 1140. The molecule has 0 spiro atoms. The number of fused-ring (bicyclic) bond motifs is 3. The predicted octanol–water partition coefficient (Wildman–Crippen LogP) is 11.7. The van der Waals surface area contributed by atoms with Gasteiger partial charge in [0, 0.05) is 16.3 Å². The molecule has 0 saturated carbocycles. The number of unbranched alkanes of at least 4 members (excludes halogenated alkanes) is 10. The van der Waals surface area contributed by atoms with Crippen molar-refractivity contribution in [3.63, 3.8) is 0 Å². The van der Waals surface area contributed by atoms with Gasteiger partial charge in [0.15, 0.2) is 0 Å². The first kappa shape index (κ1) is 33.6. The Morgan fingerprint density at radius 1 is 0.675 bits per heavy atom. The van der Waals surface area contributed by atoms with Gasteiger partial charge in [-0.1, -0.05) is 132 Å². The van der Waals surface area contributed by atoms with Gasteiger partial charge in [0.25, 0.3) is 10.0 Å². The van der Waals surface area contributed by atoms with E-state index in [1.54, 1.807) is 22.7 Å². The second-order valence-corrected chi connectivity index (χ2v) is 18.1. The van der Waals surface area contributed by atoms with Gasteiger partial charge in [0.1, 0.15) is 4.90 Å². The van der Waals surface area contributed by atoms with Crippen molar-refractivity contribution in [3.05, 3.63) is 21.9 Å². The van der Waals surface area contributed by atoms with Crippen LogP contribution >= 0.6 is 22.7 Å². The smallest absolute Gasteiger partial charge is 0.264 e. The number of rotatable bonds is 16. The third-order valence-corrected chi connectivity index (χ3v) is 13.5. The van der Waals surface area contributed by atoms with E-state index in [-0.39, 0.29) is 10.8 Å². The number of nitrogens with zero attached hydrogens (tertiary/aromatic N) is 1. The molecule has 228 valence electrons. The van der Waals surface area contributed by atoms with Crippen LogP contribution in [0.15, 0.2) is 17.0 Å². The molecule has 0 amide bonds. The largest absolute Gasteiger partial charge is 0.265 e. The molecular weight excluding hydrogens is 551 g/mol. The highest BCUT2D eigenvalue weighted by Gasteiger charge is 2.41. The van der Waals surface area contributed by atoms with Crippen molar-refractivity contribution < 1.29 is 8.42 Å². The van der Waals surface area contributed by atoms with Gasteiger partial charge < -0.3 is 0 Å². The molecule has 1 aliphatic rings. The van der Waals surface area contributed by atoms with Gasteiger partial charge in [0.2, 0.25) is 0 Å². The second-order valence-electron chi connectivity index (χ2n) is 14.1. The van der Waals surface area contributed by atoms with E-state index in [1.165, 1.54) is 81.9 Å². The fraction of sp³-hybridized carbons (Fsp3) is 0.765. The minimum Gasteiger partial charge on any atom is -0.264 e. The highest BCUT2D eigenvalue weighted by molar-refractivity contribution is 7.93. The first-order valence-corrected chi connectivity index (χ1v) is 19.2. The average Bonchev–Trinajstić information content (AvgIpc) is 3.51. The maximum absolute atomic E-state index is 14.3.